The number of nitrogens with zero attached hydrogens (tertiary/aromatic N) is 2. The third-order valence-corrected chi connectivity index (χ3v) is 2.90. The molecule has 0 amide bonds. The molecular formula is C16H17N3O4. The average Bonchev–Trinajstić information content (AvgIpc) is 2.60. The quantitative estimate of drug-likeness (QED) is 0.377. The maximum Gasteiger partial charge on any atom is 0.374 e. The number of ether oxygens (including phenoxy) is 2. The summed E-state index contributed by atoms with van der Waals surface area (Å²) >= 11 is 0. The Morgan fingerprint density at radius 2 is 1.91 bits per heavy atom. The maximum atomic E-state index is 11.9. The second-order valence-electron chi connectivity index (χ2n) is 4.56. The van der Waals surface area contributed by atoms with Gasteiger partial charge in [-0.3, -0.25) is 4.98 Å². The Labute approximate surface area is 133 Å². The van der Waals surface area contributed by atoms with Crippen molar-refractivity contribution >= 4 is 11.8 Å². The summed E-state index contributed by atoms with van der Waals surface area (Å²) < 4.78 is 10.5. The van der Waals surface area contributed by atoms with E-state index in [2.05, 4.69) is 10.1 Å². The van der Waals surface area contributed by atoms with Gasteiger partial charge in [-0.25, -0.2) is 4.79 Å². The van der Waals surface area contributed by atoms with E-state index in [9.17, 15) is 4.79 Å². The minimum Gasteiger partial charge on any atom is -0.497 e. The van der Waals surface area contributed by atoms with E-state index >= 15 is 0 Å². The summed E-state index contributed by atoms with van der Waals surface area (Å²) in [7, 11) is 1.57. The molecule has 2 N–H and O–H groups in total. The molecule has 0 fully saturated rings. The van der Waals surface area contributed by atoms with Gasteiger partial charge in [-0.05, 0) is 43.3 Å². The maximum absolute atomic E-state index is 11.9. The normalized spacial score (nSPS) is 12.3. The van der Waals surface area contributed by atoms with Crippen LogP contribution in [0.2, 0.25) is 0 Å². The van der Waals surface area contributed by atoms with Gasteiger partial charge in [-0.1, -0.05) is 5.16 Å². The SMILES string of the molecule is COc1ccc(OC(C)C(=O)O/N=C(\N)c2cccnc2)cc1. The molecule has 1 aromatic heterocycles. The van der Waals surface area contributed by atoms with E-state index in [1.165, 1.54) is 6.20 Å². The molecule has 1 aromatic carbocycles. The molecule has 0 saturated carbocycles. The lowest BCUT2D eigenvalue weighted by Crippen LogP contribution is -2.26. The minimum absolute atomic E-state index is 0.0584. The van der Waals surface area contributed by atoms with Crippen molar-refractivity contribution < 1.29 is 19.1 Å². The number of oxime groups is 1. The van der Waals surface area contributed by atoms with Crippen LogP contribution in [-0.4, -0.2) is 30.0 Å². The molecule has 0 aliphatic carbocycles. The van der Waals surface area contributed by atoms with Crippen LogP contribution in [-0.2, 0) is 9.63 Å². The smallest absolute Gasteiger partial charge is 0.374 e. The summed E-state index contributed by atoms with van der Waals surface area (Å²) in [5.74, 6) is 0.608. The first-order valence-electron chi connectivity index (χ1n) is 6.85. The number of amidine groups is 1. The molecule has 0 spiro atoms. The third kappa shape index (κ3) is 4.70. The first-order valence-corrected chi connectivity index (χ1v) is 6.85. The number of benzene rings is 1. The predicted molar refractivity (Wildman–Crippen MR) is 84.1 cm³/mol. The lowest BCUT2D eigenvalue weighted by atomic mass is 10.3. The monoisotopic (exact) mass is 315 g/mol. The van der Waals surface area contributed by atoms with Crippen LogP contribution in [0, 0.1) is 0 Å². The van der Waals surface area contributed by atoms with Crippen molar-refractivity contribution in [3.63, 3.8) is 0 Å². The van der Waals surface area contributed by atoms with Crippen LogP contribution in [0.5, 0.6) is 11.5 Å². The molecule has 7 nitrogen and oxygen atoms in total. The first kappa shape index (κ1) is 16.3. The van der Waals surface area contributed by atoms with Gasteiger partial charge in [0.15, 0.2) is 11.9 Å². The van der Waals surface area contributed by atoms with Crippen molar-refractivity contribution in [2.45, 2.75) is 13.0 Å². The van der Waals surface area contributed by atoms with Gasteiger partial charge in [0.05, 0.1) is 7.11 Å². The Morgan fingerprint density at radius 3 is 2.52 bits per heavy atom. The van der Waals surface area contributed by atoms with E-state index in [-0.39, 0.29) is 5.84 Å². The number of methoxy groups -OCH3 is 1. The van der Waals surface area contributed by atoms with Crippen molar-refractivity contribution in [1.29, 1.82) is 0 Å². The summed E-state index contributed by atoms with van der Waals surface area (Å²) in [6.07, 6.45) is 2.28. The van der Waals surface area contributed by atoms with Gasteiger partial charge >= 0.3 is 5.97 Å². The zero-order valence-corrected chi connectivity index (χ0v) is 12.8. The predicted octanol–water partition coefficient (Wildman–Crippen LogP) is 1.72. The highest BCUT2D eigenvalue weighted by atomic mass is 16.7. The van der Waals surface area contributed by atoms with E-state index in [1.54, 1.807) is 56.6 Å². The second kappa shape index (κ2) is 7.79. The fourth-order valence-corrected chi connectivity index (χ4v) is 1.64. The highest BCUT2D eigenvalue weighted by Gasteiger charge is 2.17. The Hall–Kier alpha value is -3.09. The molecule has 1 heterocycles. The van der Waals surface area contributed by atoms with E-state index in [1.807, 2.05) is 0 Å². The number of hydrogen-bond acceptors (Lipinski definition) is 6. The van der Waals surface area contributed by atoms with Crippen LogP contribution in [0.1, 0.15) is 12.5 Å². The Balaban J connectivity index is 1.91. The van der Waals surface area contributed by atoms with E-state index < -0.39 is 12.1 Å². The third-order valence-electron chi connectivity index (χ3n) is 2.90. The number of rotatable bonds is 6. The van der Waals surface area contributed by atoms with Crippen molar-refractivity contribution in [1.82, 2.24) is 4.98 Å². The number of hydrogen-bond donors (Lipinski definition) is 1. The van der Waals surface area contributed by atoms with Crippen LogP contribution in [0.3, 0.4) is 0 Å². The molecule has 7 heteroatoms. The molecule has 2 aromatic rings. The number of pyridine rings is 1. The van der Waals surface area contributed by atoms with Crippen molar-refractivity contribution in [3.05, 3.63) is 54.4 Å². The molecule has 0 saturated heterocycles. The zero-order chi connectivity index (χ0) is 16.7. The molecule has 0 aliphatic heterocycles. The number of carbonyl (C=O) groups is 1. The number of aromatic nitrogens is 1. The van der Waals surface area contributed by atoms with Crippen LogP contribution in [0.25, 0.3) is 0 Å². The van der Waals surface area contributed by atoms with Crippen molar-refractivity contribution in [3.8, 4) is 11.5 Å². The molecule has 0 aliphatic rings. The first-order chi connectivity index (χ1) is 11.1. The largest absolute Gasteiger partial charge is 0.497 e. The second-order valence-corrected chi connectivity index (χ2v) is 4.56. The van der Waals surface area contributed by atoms with E-state index in [0.29, 0.717) is 17.1 Å². The number of nitrogens with two attached hydrogens (primary N) is 1. The highest BCUT2D eigenvalue weighted by molar-refractivity contribution is 5.97. The molecule has 2 rings (SSSR count). The fourth-order valence-electron chi connectivity index (χ4n) is 1.64. The molecule has 0 radical (unpaired) electrons. The van der Waals surface area contributed by atoms with Gasteiger partial charge in [0, 0.05) is 18.0 Å². The molecular weight excluding hydrogens is 298 g/mol. The van der Waals surface area contributed by atoms with Crippen LogP contribution < -0.4 is 15.2 Å². The van der Waals surface area contributed by atoms with Crippen LogP contribution in [0.15, 0.2) is 53.9 Å². The van der Waals surface area contributed by atoms with Gasteiger partial charge in [-0.15, -0.1) is 0 Å². The van der Waals surface area contributed by atoms with Crippen molar-refractivity contribution in [2.24, 2.45) is 10.9 Å². The lowest BCUT2D eigenvalue weighted by Gasteiger charge is -2.12. The summed E-state index contributed by atoms with van der Waals surface area (Å²) in [6.45, 7) is 1.56. The molecule has 1 atom stereocenters. The van der Waals surface area contributed by atoms with E-state index in [0.717, 1.165) is 0 Å². The standard InChI is InChI=1S/C16H17N3O4/c1-11(22-14-7-5-13(21-2)6-8-14)16(20)23-19-15(17)12-4-3-9-18-10-12/h3-11H,1-2H3,(H2,17,19). The number of carbonyl (C=O) groups excluding carboxylic acids is 1. The summed E-state index contributed by atoms with van der Waals surface area (Å²) in [5, 5.41) is 3.59. The fraction of sp³-hybridized carbons (Fsp3) is 0.188. The summed E-state index contributed by atoms with van der Waals surface area (Å²) in [6, 6.07) is 10.2. The average molecular weight is 315 g/mol. The molecule has 1 unspecified atom stereocenters. The van der Waals surface area contributed by atoms with E-state index in [4.69, 9.17) is 20.0 Å². The summed E-state index contributed by atoms with van der Waals surface area (Å²) in [5.41, 5.74) is 6.27. The van der Waals surface area contributed by atoms with Gasteiger partial charge < -0.3 is 20.0 Å². The summed E-state index contributed by atoms with van der Waals surface area (Å²) in [4.78, 5) is 20.5. The molecule has 0 bridgehead atoms. The van der Waals surface area contributed by atoms with Gasteiger partial charge in [0.25, 0.3) is 0 Å². The van der Waals surface area contributed by atoms with Gasteiger partial charge in [0.1, 0.15) is 11.5 Å². The highest BCUT2D eigenvalue weighted by Crippen LogP contribution is 2.18. The molecule has 120 valence electrons. The Morgan fingerprint density at radius 1 is 1.22 bits per heavy atom. The zero-order valence-electron chi connectivity index (χ0n) is 12.8. The van der Waals surface area contributed by atoms with Crippen LogP contribution >= 0.6 is 0 Å². The van der Waals surface area contributed by atoms with Gasteiger partial charge in [0.2, 0.25) is 0 Å². The topological polar surface area (TPSA) is 96.0 Å². The van der Waals surface area contributed by atoms with Crippen LogP contribution in [0.4, 0.5) is 0 Å². The molecule has 23 heavy (non-hydrogen) atoms. The van der Waals surface area contributed by atoms with Gasteiger partial charge in [-0.2, -0.15) is 0 Å². The lowest BCUT2D eigenvalue weighted by molar-refractivity contribution is -0.151. The Kier molecular flexibility index (Phi) is 5.51. The van der Waals surface area contributed by atoms with Crippen molar-refractivity contribution in [2.75, 3.05) is 7.11 Å². The Bertz CT molecular complexity index is 671. The minimum atomic E-state index is -0.839.